The van der Waals surface area contributed by atoms with Crippen molar-refractivity contribution >= 4 is 34.5 Å². The molecule has 1 N–H and O–H groups in total. The van der Waals surface area contributed by atoms with E-state index in [-0.39, 0.29) is 5.91 Å². The minimum atomic E-state index is 0.164. The molecule has 2 aromatic heterocycles. The number of carbonyl (C=O) groups excluding carboxylic acids is 1. The summed E-state index contributed by atoms with van der Waals surface area (Å²) < 4.78 is 0. The molecule has 4 rings (SSSR count). The maximum Gasteiger partial charge on any atom is 0.261 e. The van der Waals surface area contributed by atoms with Crippen molar-refractivity contribution in [3.63, 3.8) is 0 Å². The molecule has 0 aromatic carbocycles. The maximum absolute atomic E-state index is 12.9. The van der Waals surface area contributed by atoms with Crippen LogP contribution >= 0.6 is 11.8 Å². The van der Waals surface area contributed by atoms with Gasteiger partial charge in [0, 0.05) is 37.8 Å². The summed E-state index contributed by atoms with van der Waals surface area (Å²) in [5, 5.41) is 1.03. The third kappa shape index (κ3) is 3.13. The van der Waals surface area contributed by atoms with Crippen LogP contribution in [0.4, 0.5) is 5.82 Å². The average molecular weight is 357 g/mol. The molecular formula is C18H23N5OS. The Morgan fingerprint density at radius 2 is 2.24 bits per heavy atom. The Hall–Kier alpha value is -2.02. The topological polar surface area (TPSA) is 65.1 Å². The van der Waals surface area contributed by atoms with Gasteiger partial charge in [-0.3, -0.25) is 4.79 Å². The van der Waals surface area contributed by atoms with Gasteiger partial charge >= 0.3 is 0 Å². The molecule has 1 fully saturated rings. The van der Waals surface area contributed by atoms with Gasteiger partial charge in [0.1, 0.15) is 17.8 Å². The summed E-state index contributed by atoms with van der Waals surface area (Å²) in [6, 6.07) is 0. The number of amides is 1. The fourth-order valence-corrected chi connectivity index (χ4v) is 4.59. The summed E-state index contributed by atoms with van der Waals surface area (Å²) in [5.41, 5.74) is 1.96. The minimum Gasteiger partial charge on any atom is -0.346 e. The number of thioether (sulfide) groups is 1. The van der Waals surface area contributed by atoms with Gasteiger partial charge in [0.2, 0.25) is 0 Å². The van der Waals surface area contributed by atoms with Crippen molar-refractivity contribution in [1.82, 2.24) is 19.9 Å². The van der Waals surface area contributed by atoms with Crippen LogP contribution in [-0.2, 0) is 4.79 Å². The number of rotatable bonds is 2. The Bertz CT molecular complexity index is 830. The third-order valence-corrected chi connectivity index (χ3v) is 5.91. The molecule has 2 aliphatic rings. The Morgan fingerprint density at radius 3 is 3.08 bits per heavy atom. The van der Waals surface area contributed by atoms with Gasteiger partial charge in [-0.1, -0.05) is 6.92 Å². The number of aromatic nitrogens is 3. The molecule has 0 radical (unpaired) electrons. The number of nitrogens with zero attached hydrogens (tertiary/aromatic N) is 4. The van der Waals surface area contributed by atoms with Crippen molar-refractivity contribution in [2.45, 2.75) is 26.7 Å². The molecule has 2 aromatic rings. The highest BCUT2D eigenvalue weighted by Gasteiger charge is 2.27. The van der Waals surface area contributed by atoms with E-state index >= 15 is 0 Å². The standard InChI is InChI=1S/C18H23N5OS/c1-12-4-3-5-23(9-12)18(24)14-10-22(6-7-25-14)17-15-13(2)8-19-16(15)20-11-21-17/h8,10-12H,3-7,9H2,1-2H3,(H,19,20,21). The lowest BCUT2D eigenvalue weighted by Crippen LogP contribution is -2.40. The number of aryl methyl sites for hydroxylation is 1. The molecule has 1 unspecified atom stereocenters. The first kappa shape index (κ1) is 16.4. The second kappa shape index (κ2) is 6.71. The fourth-order valence-electron chi connectivity index (χ4n) is 3.63. The van der Waals surface area contributed by atoms with Crippen molar-refractivity contribution in [2.24, 2.45) is 5.92 Å². The third-order valence-electron chi connectivity index (χ3n) is 4.94. The van der Waals surface area contributed by atoms with Gasteiger partial charge in [-0.15, -0.1) is 11.8 Å². The van der Waals surface area contributed by atoms with E-state index in [4.69, 9.17) is 0 Å². The zero-order valence-corrected chi connectivity index (χ0v) is 15.5. The summed E-state index contributed by atoms with van der Waals surface area (Å²) in [5.74, 6) is 2.52. The van der Waals surface area contributed by atoms with Crippen molar-refractivity contribution < 1.29 is 4.79 Å². The zero-order chi connectivity index (χ0) is 17.4. The van der Waals surface area contributed by atoms with Gasteiger partial charge in [-0.25, -0.2) is 9.97 Å². The van der Waals surface area contributed by atoms with Gasteiger partial charge in [-0.05, 0) is 31.2 Å². The molecule has 1 saturated heterocycles. The number of fused-ring (bicyclic) bond motifs is 1. The molecule has 0 bridgehead atoms. The molecule has 7 heteroatoms. The van der Waals surface area contributed by atoms with E-state index in [0.717, 1.165) is 59.1 Å². The van der Waals surface area contributed by atoms with Crippen LogP contribution in [0.2, 0.25) is 0 Å². The minimum absolute atomic E-state index is 0.164. The largest absolute Gasteiger partial charge is 0.346 e. The number of nitrogens with one attached hydrogen (secondary N) is 1. The van der Waals surface area contributed by atoms with Gasteiger partial charge < -0.3 is 14.8 Å². The Morgan fingerprint density at radius 1 is 1.36 bits per heavy atom. The average Bonchev–Trinajstić information content (AvgIpc) is 3.02. The number of hydrogen-bond acceptors (Lipinski definition) is 5. The predicted molar refractivity (Wildman–Crippen MR) is 101 cm³/mol. The first-order valence-electron chi connectivity index (χ1n) is 8.82. The lowest BCUT2D eigenvalue weighted by atomic mass is 10.0. The van der Waals surface area contributed by atoms with E-state index in [0.29, 0.717) is 5.92 Å². The van der Waals surface area contributed by atoms with Crippen LogP contribution in [0, 0.1) is 12.8 Å². The predicted octanol–water partition coefficient (Wildman–Crippen LogP) is 2.92. The number of H-pyrrole nitrogens is 1. The van der Waals surface area contributed by atoms with Crippen molar-refractivity contribution in [3.8, 4) is 0 Å². The number of aromatic amines is 1. The van der Waals surface area contributed by atoms with E-state index in [2.05, 4.69) is 33.7 Å². The molecule has 25 heavy (non-hydrogen) atoms. The molecule has 0 spiro atoms. The lowest BCUT2D eigenvalue weighted by molar-refractivity contribution is -0.128. The molecular weight excluding hydrogens is 334 g/mol. The zero-order valence-electron chi connectivity index (χ0n) is 14.7. The highest BCUT2D eigenvalue weighted by molar-refractivity contribution is 8.04. The quantitative estimate of drug-likeness (QED) is 0.895. The Balaban J connectivity index is 1.64. The van der Waals surface area contributed by atoms with Crippen molar-refractivity contribution in [1.29, 1.82) is 0 Å². The van der Waals surface area contributed by atoms with Crippen LogP contribution in [-0.4, -0.2) is 51.1 Å². The molecule has 4 heterocycles. The number of piperidine rings is 1. The van der Waals surface area contributed by atoms with E-state index in [1.807, 2.05) is 17.3 Å². The number of hydrogen-bond donors (Lipinski definition) is 1. The molecule has 1 atom stereocenters. The summed E-state index contributed by atoms with van der Waals surface area (Å²) in [6.07, 6.45) is 7.82. The van der Waals surface area contributed by atoms with E-state index in [1.165, 1.54) is 6.42 Å². The van der Waals surface area contributed by atoms with Crippen LogP contribution < -0.4 is 4.90 Å². The van der Waals surface area contributed by atoms with Crippen molar-refractivity contribution in [2.75, 3.05) is 30.3 Å². The van der Waals surface area contributed by atoms with Crippen LogP contribution in [0.1, 0.15) is 25.3 Å². The van der Waals surface area contributed by atoms with Crippen LogP contribution in [0.3, 0.4) is 0 Å². The summed E-state index contributed by atoms with van der Waals surface area (Å²) in [7, 11) is 0. The van der Waals surface area contributed by atoms with Crippen LogP contribution in [0.5, 0.6) is 0 Å². The number of likely N-dealkylation sites (tertiary alicyclic amines) is 1. The molecule has 2 aliphatic heterocycles. The molecule has 0 saturated carbocycles. The highest BCUT2D eigenvalue weighted by atomic mass is 32.2. The SMILES string of the molecule is Cc1c[nH]c2ncnc(N3C=C(C(=O)N4CCCC(C)C4)SCC3)c12. The van der Waals surface area contributed by atoms with Crippen LogP contribution in [0.25, 0.3) is 11.0 Å². The van der Waals surface area contributed by atoms with E-state index < -0.39 is 0 Å². The van der Waals surface area contributed by atoms with Gasteiger partial charge in [-0.2, -0.15) is 0 Å². The van der Waals surface area contributed by atoms with E-state index in [1.54, 1.807) is 18.1 Å². The molecule has 1 amide bonds. The van der Waals surface area contributed by atoms with E-state index in [9.17, 15) is 4.79 Å². The number of carbonyl (C=O) groups is 1. The normalized spacial score (nSPS) is 21.5. The van der Waals surface area contributed by atoms with Crippen molar-refractivity contribution in [3.05, 3.63) is 29.2 Å². The second-order valence-electron chi connectivity index (χ2n) is 6.93. The van der Waals surface area contributed by atoms with Gasteiger partial charge in [0.25, 0.3) is 5.91 Å². The highest BCUT2D eigenvalue weighted by Crippen LogP contribution is 2.32. The first-order chi connectivity index (χ1) is 12.1. The molecule has 6 nitrogen and oxygen atoms in total. The molecule has 132 valence electrons. The Labute approximate surface area is 151 Å². The Kier molecular flexibility index (Phi) is 4.41. The maximum atomic E-state index is 12.9. The summed E-state index contributed by atoms with van der Waals surface area (Å²) in [4.78, 5) is 29.8. The lowest BCUT2D eigenvalue weighted by Gasteiger charge is -2.33. The molecule has 0 aliphatic carbocycles. The second-order valence-corrected chi connectivity index (χ2v) is 8.06. The monoisotopic (exact) mass is 357 g/mol. The van der Waals surface area contributed by atoms with Crippen LogP contribution in [0.15, 0.2) is 23.6 Å². The smallest absolute Gasteiger partial charge is 0.261 e. The number of anilines is 1. The van der Waals surface area contributed by atoms with Gasteiger partial charge in [0.05, 0.1) is 10.3 Å². The first-order valence-corrected chi connectivity index (χ1v) is 9.81. The summed E-state index contributed by atoms with van der Waals surface area (Å²) in [6.45, 7) is 6.85. The van der Waals surface area contributed by atoms with Gasteiger partial charge in [0.15, 0.2) is 0 Å². The fraction of sp³-hybridized carbons (Fsp3) is 0.500. The summed E-state index contributed by atoms with van der Waals surface area (Å²) >= 11 is 1.65.